The summed E-state index contributed by atoms with van der Waals surface area (Å²) in [6.45, 7) is 5.94. The second kappa shape index (κ2) is 5.30. The molecule has 0 aromatic carbocycles. The van der Waals surface area contributed by atoms with Gasteiger partial charge >= 0.3 is 0 Å². The van der Waals surface area contributed by atoms with Crippen molar-refractivity contribution in [3.05, 3.63) is 0 Å². The molecular weight excluding hydrogens is 206 g/mol. The van der Waals surface area contributed by atoms with Crippen LogP contribution in [0.4, 0.5) is 0 Å². The topological polar surface area (TPSA) is 84.2 Å². The van der Waals surface area contributed by atoms with Crippen molar-refractivity contribution in [2.45, 2.75) is 51.7 Å². The molecule has 1 fully saturated rings. The third kappa shape index (κ3) is 3.48. The fourth-order valence-corrected chi connectivity index (χ4v) is 2.02. The van der Waals surface area contributed by atoms with Gasteiger partial charge in [0.05, 0.1) is 6.04 Å². The van der Waals surface area contributed by atoms with Crippen LogP contribution >= 0.6 is 0 Å². The minimum atomic E-state index is -0.396. The molecule has 0 aromatic heterocycles. The maximum atomic E-state index is 11.3. The first-order valence-corrected chi connectivity index (χ1v) is 5.75. The minimum Gasteiger partial charge on any atom is -0.368 e. The van der Waals surface area contributed by atoms with Crippen LogP contribution in [0.15, 0.2) is 0 Å². The lowest BCUT2D eigenvalue weighted by Crippen LogP contribution is -2.49. The van der Waals surface area contributed by atoms with E-state index in [0.717, 1.165) is 6.42 Å². The molecule has 0 bridgehead atoms. The van der Waals surface area contributed by atoms with E-state index >= 15 is 0 Å². The van der Waals surface area contributed by atoms with Crippen molar-refractivity contribution >= 4 is 11.8 Å². The smallest absolute Gasteiger partial charge is 0.234 e. The van der Waals surface area contributed by atoms with Crippen LogP contribution in [0, 0.1) is 5.92 Å². The van der Waals surface area contributed by atoms with Crippen molar-refractivity contribution < 1.29 is 9.59 Å². The molecule has 5 heteroatoms. The van der Waals surface area contributed by atoms with E-state index in [1.54, 1.807) is 6.92 Å². The monoisotopic (exact) mass is 227 g/mol. The largest absolute Gasteiger partial charge is 0.368 e. The number of rotatable bonds is 5. The van der Waals surface area contributed by atoms with Gasteiger partial charge < -0.3 is 16.4 Å². The summed E-state index contributed by atoms with van der Waals surface area (Å²) in [6, 6.07) is -0.279. The molecule has 2 amide bonds. The highest BCUT2D eigenvalue weighted by molar-refractivity contribution is 5.81. The molecule has 1 heterocycles. The highest BCUT2D eigenvalue weighted by atomic mass is 16.2. The Bertz CT molecular complexity index is 278. The highest BCUT2D eigenvalue weighted by Gasteiger charge is 2.33. The van der Waals surface area contributed by atoms with Gasteiger partial charge in [-0.25, -0.2) is 0 Å². The number of amides is 2. The molecule has 0 saturated carbocycles. The Labute approximate surface area is 96.1 Å². The molecule has 1 saturated heterocycles. The Balaban J connectivity index is 2.55. The van der Waals surface area contributed by atoms with Gasteiger partial charge in [-0.15, -0.1) is 0 Å². The summed E-state index contributed by atoms with van der Waals surface area (Å²) in [5.74, 6) is 0.166. The highest BCUT2D eigenvalue weighted by Crippen LogP contribution is 2.16. The zero-order valence-corrected chi connectivity index (χ0v) is 10.1. The van der Waals surface area contributed by atoms with Gasteiger partial charge in [0, 0.05) is 18.5 Å². The third-order valence-electron chi connectivity index (χ3n) is 2.85. The molecule has 1 aliphatic rings. The van der Waals surface area contributed by atoms with Crippen LogP contribution in [0.5, 0.6) is 0 Å². The number of hydrogen-bond acceptors (Lipinski definition) is 3. The molecule has 5 nitrogen and oxygen atoms in total. The van der Waals surface area contributed by atoms with Gasteiger partial charge in [-0.2, -0.15) is 0 Å². The molecule has 0 aliphatic carbocycles. The van der Waals surface area contributed by atoms with E-state index in [9.17, 15) is 9.59 Å². The van der Waals surface area contributed by atoms with Gasteiger partial charge in [-0.05, 0) is 19.3 Å². The fourth-order valence-electron chi connectivity index (χ4n) is 2.02. The summed E-state index contributed by atoms with van der Waals surface area (Å²) in [5, 5.41) is 6.03. The van der Waals surface area contributed by atoms with Crippen molar-refractivity contribution in [2.24, 2.45) is 11.7 Å². The second-order valence-electron chi connectivity index (χ2n) is 4.90. The molecule has 1 rings (SSSR count). The normalized spacial score (nSPS) is 26.9. The molecule has 0 aromatic rings. The van der Waals surface area contributed by atoms with Gasteiger partial charge in [0.1, 0.15) is 0 Å². The average molecular weight is 227 g/mol. The summed E-state index contributed by atoms with van der Waals surface area (Å²) in [4.78, 5) is 22.3. The van der Waals surface area contributed by atoms with Crippen LogP contribution < -0.4 is 16.4 Å². The molecule has 4 N–H and O–H groups in total. The van der Waals surface area contributed by atoms with Gasteiger partial charge in [0.15, 0.2) is 0 Å². The molecule has 0 spiro atoms. The lowest BCUT2D eigenvalue weighted by Gasteiger charge is -2.23. The van der Waals surface area contributed by atoms with E-state index in [1.807, 2.05) is 0 Å². The number of carbonyl (C=O) groups excluding carboxylic acids is 2. The van der Waals surface area contributed by atoms with Crippen LogP contribution in [-0.4, -0.2) is 29.9 Å². The van der Waals surface area contributed by atoms with Crippen LogP contribution in [0.2, 0.25) is 0 Å². The number of primary amides is 1. The van der Waals surface area contributed by atoms with E-state index in [0.29, 0.717) is 12.3 Å². The Morgan fingerprint density at radius 3 is 2.69 bits per heavy atom. The van der Waals surface area contributed by atoms with E-state index in [4.69, 9.17) is 5.73 Å². The Hall–Kier alpha value is -1.10. The molecule has 1 aliphatic heterocycles. The van der Waals surface area contributed by atoms with E-state index < -0.39 is 6.04 Å². The maximum Gasteiger partial charge on any atom is 0.234 e. The van der Waals surface area contributed by atoms with E-state index in [1.165, 1.54) is 0 Å². The number of nitrogens with one attached hydrogen (secondary N) is 2. The average Bonchev–Trinajstić information content (AvgIpc) is 2.45. The van der Waals surface area contributed by atoms with Crippen molar-refractivity contribution in [3.63, 3.8) is 0 Å². The number of hydrogen-bond donors (Lipinski definition) is 3. The molecule has 0 radical (unpaired) electrons. The van der Waals surface area contributed by atoms with Gasteiger partial charge in [-0.1, -0.05) is 13.8 Å². The zero-order valence-electron chi connectivity index (χ0n) is 10.1. The zero-order chi connectivity index (χ0) is 12.3. The van der Waals surface area contributed by atoms with Crippen molar-refractivity contribution in [2.75, 3.05) is 0 Å². The van der Waals surface area contributed by atoms with Crippen molar-refractivity contribution in [1.29, 1.82) is 0 Å². The lowest BCUT2D eigenvalue weighted by molar-refractivity contribution is -0.121. The predicted octanol–water partition coefficient (Wildman–Crippen LogP) is -0.247. The van der Waals surface area contributed by atoms with E-state index in [2.05, 4.69) is 24.5 Å². The van der Waals surface area contributed by atoms with E-state index in [-0.39, 0.29) is 23.9 Å². The summed E-state index contributed by atoms with van der Waals surface area (Å²) >= 11 is 0. The van der Waals surface area contributed by atoms with Crippen LogP contribution in [0.25, 0.3) is 0 Å². The maximum absolute atomic E-state index is 11.3. The van der Waals surface area contributed by atoms with Crippen molar-refractivity contribution in [1.82, 2.24) is 10.6 Å². The summed E-state index contributed by atoms with van der Waals surface area (Å²) in [7, 11) is 0. The van der Waals surface area contributed by atoms with Gasteiger partial charge in [0.2, 0.25) is 11.8 Å². The minimum absolute atomic E-state index is 0.0115. The SMILES string of the molecule is CC(C)C[C@@H]1NC(=O)C[C@@H]1N[C@@H](C)C(N)=O. The fraction of sp³-hybridized carbons (Fsp3) is 0.818. The summed E-state index contributed by atoms with van der Waals surface area (Å²) in [6.07, 6.45) is 1.34. The second-order valence-corrected chi connectivity index (χ2v) is 4.90. The predicted molar refractivity (Wildman–Crippen MR) is 61.6 cm³/mol. The molecule has 0 unspecified atom stereocenters. The quantitative estimate of drug-likeness (QED) is 0.605. The molecule has 3 atom stereocenters. The standard InChI is InChI=1S/C11H21N3O2/c1-6(2)4-8-9(5-10(15)14-8)13-7(3)11(12)16/h6-9,13H,4-5H2,1-3H3,(H2,12,16)(H,14,15)/t7-,8-,9-/m0/s1. The van der Waals surface area contributed by atoms with Gasteiger partial charge in [-0.3, -0.25) is 9.59 Å². The summed E-state index contributed by atoms with van der Waals surface area (Å²) < 4.78 is 0. The first-order valence-electron chi connectivity index (χ1n) is 5.75. The van der Waals surface area contributed by atoms with Crippen molar-refractivity contribution in [3.8, 4) is 0 Å². The first-order chi connectivity index (χ1) is 7.40. The lowest BCUT2D eigenvalue weighted by atomic mass is 9.98. The Morgan fingerprint density at radius 1 is 1.56 bits per heavy atom. The third-order valence-corrected chi connectivity index (χ3v) is 2.85. The number of nitrogens with two attached hydrogens (primary N) is 1. The van der Waals surface area contributed by atoms with Crippen LogP contribution in [0.1, 0.15) is 33.6 Å². The summed E-state index contributed by atoms with van der Waals surface area (Å²) in [5.41, 5.74) is 5.19. The molecule has 92 valence electrons. The van der Waals surface area contributed by atoms with Crippen LogP contribution in [0.3, 0.4) is 0 Å². The molecule has 16 heavy (non-hydrogen) atoms. The van der Waals surface area contributed by atoms with Crippen LogP contribution in [-0.2, 0) is 9.59 Å². The molecular formula is C11H21N3O2. The Kier molecular flexibility index (Phi) is 4.29. The van der Waals surface area contributed by atoms with Gasteiger partial charge in [0.25, 0.3) is 0 Å². The number of carbonyl (C=O) groups is 2. The first kappa shape index (κ1) is 13.0. The Morgan fingerprint density at radius 2 is 2.19 bits per heavy atom.